The average molecular weight is 543 g/mol. The Kier molecular flexibility index (Phi) is 6.61. The smallest absolute Gasteiger partial charge is 0.363 e. The normalized spacial score (nSPS) is 14.7. The number of ether oxygens (including phenoxy) is 3. The van der Waals surface area contributed by atoms with Crippen LogP contribution >= 0.6 is 34.2 Å². The summed E-state index contributed by atoms with van der Waals surface area (Å²) in [5.74, 6) is 0.464. The fraction of sp³-hybridized carbons (Fsp3) is 0.200. The van der Waals surface area contributed by atoms with E-state index in [1.165, 1.54) is 25.3 Å². The van der Waals surface area contributed by atoms with E-state index in [9.17, 15) is 14.9 Å². The zero-order valence-electron chi connectivity index (χ0n) is 16.1. The van der Waals surface area contributed by atoms with Crippen molar-refractivity contribution in [2.45, 2.75) is 20.0 Å². The van der Waals surface area contributed by atoms with Gasteiger partial charge in [0, 0.05) is 12.1 Å². The third-order valence-corrected chi connectivity index (χ3v) is 5.04. The van der Waals surface area contributed by atoms with Crippen LogP contribution in [0.1, 0.15) is 25.0 Å². The maximum Gasteiger partial charge on any atom is 0.363 e. The lowest BCUT2D eigenvalue weighted by atomic mass is 10.1. The number of rotatable bonds is 6. The molecule has 1 aliphatic rings. The number of hydrogen-bond acceptors (Lipinski definition) is 7. The molecule has 0 aliphatic carbocycles. The van der Waals surface area contributed by atoms with Crippen LogP contribution in [-0.2, 0) is 9.53 Å². The van der Waals surface area contributed by atoms with E-state index in [2.05, 4.69) is 27.6 Å². The Morgan fingerprint density at radius 3 is 2.63 bits per heavy atom. The highest BCUT2D eigenvalue weighted by Gasteiger charge is 2.27. The van der Waals surface area contributed by atoms with Gasteiger partial charge in [0.15, 0.2) is 17.2 Å². The van der Waals surface area contributed by atoms with Crippen molar-refractivity contribution in [2.24, 2.45) is 4.99 Å². The molecule has 2 aromatic rings. The van der Waals surface area contributed by atoms with Gasteiger partial charge in [0.25, 0.3) is 5.69 Å². The highest BCUT2D eigenvalue weighted by atomic mass is 127. The minimum Gasteiger partial charge on any atom is -0.493 e. The molecule has 0 amide bonds. The number of nitrogens with zero attached hydrogens (tertiary/aromatic N) is 2. The number of esters is 1. The number of methoxy groups -OCH3 is 1. The molecule has 3 rings (SSSR count). The first-order valence-corrected chi connectivity index (χ1v) is 10.2. The second-order valence-corrected chi connectivity index (χ2v) is 8.03. The number of hydrogen-bond donors (Lipinski definition) is 0. The van der Waals surface area contributed by atoms with E-state index in [1.54, 1.807) is 12.1 Å². The molecule has 2 aromatic carbocycles. The first kappa shape index (κ1) is 22.0. The van der Waals surface area contributed by atoms with E-state index in [-0.39, 0.29) is 34.0 Å². The number of nitro groups is 1. The number of cyclic esters (lactones) is 1. The number of benzene rings is 2. The average Bonchev–Trinajstić information content (AvgIpc) is 3.03. The summed E-state index contributed by atoms with van der Waals surface area (Å²) in [7, 11) is 1.53. The predicted octanol–water partition coefficient (Wildman–Crippen LogP) is 4.99. The van der Waals surface area contributed by atoms with Crippen molar-refractivity contribution in [1.82, 2.24) is 0 Å². The summed E-state index contributed by atoms with van der Waals surface area (Å²) in [5, 5.41) is 10.9. The summed E-state index contributed by atoms with van der Waals surface area (Å²) in [4.78, 5) is 26.8. The zero-order valence-corrected chi connectivity index (χ0v) is 19.1. The molecule has 0 radical (unpaired) electrons. The van der Waals surface area contributed by atoms with Gasteiger partial charge in [0.05, 0.1) is 32.3 Å². The van der Waals surface area contributed by atoms with Gasteiger partial charge in [-0.2, -0.15) is 0 Å². The van der Waals surface area contributed by atoms with E-state index >= 15 is 0 Å². The summed E-state index contributed by atoms with van der Waals surface area (Å²) in [6, 6.07) is 7.38. The van der Waals surface area contributed by atoms with Gasteiger partial charge < -0.3 is 14.2 Å². The molecule has 1 heterocycles. The number of aliphatic imine (C=N–C) groups is 1. The molecule has 0 unspecified atom stereocenters. The molecule has 0 saturated carbocycles. The molecule has 0 atom stereocenters. The molecule has 10 heteroatoms. The Hall–Kier alpha value is -2.66. The van der Waals surface area contributed by atoms with Crippen LogP contribution in [-0.4, -0.2) is 30.0 Å². The summed E-state index contributed by atoms with van der Waals surface area (Å²) < 4.78 is 17.2. The van der Waals surface area contributed by atoms with Gasteiger partial charge in [0.1, 0.15) is 0 Å². The molecular weight excluding hydrogens is 527 g/mol. The molecule has 0 aromatic heterocycles. The van der Waals surface area contributed by atoms with E-state index in [1.807, 2.05) is 19.9 Å². The lowest BCUT2D eigenvalue weighted by Crippen LogP contribution is -2.08. The van der Waals surface area contributed by atoms with E-state index < -0.39 is 10.9 Å². The van der Waals surface area contributed by atoms with Crippen molar-refractivity contribution in [3.05, 3.63) is 65.9 Å². The number of halogens is 2. The summed E-state index contributed by atoms with van der Waals surface area (Å²) in [6.07, 6.45) is 1.53. The van der Waals surface area contributed by atoms with E-state index in [0.29, 0.717) is 17.1 Å². The monoisotopic (exact) mass is 542 g/mol. The Morgan fingerprint density at radius 1 is 1.30 bits per heavy atom. The van der Waals surface area contributed by atoms with Crippen molar-refractivity contribution >= 4 is 57.8 Å². The van der Waals surface area contributed by atoms with Crippen LogP contribution in [0, 0.1) is 13.7 Å². The van der Waals surface area contributed by atoms with Crippen LogP contribution in [0.4, 0.5) is 5.69 Å². The van der Waals surface area contributed by atoms with Gasteiger partial charge in [-0.05, 0) is 66.3 Å². The molecule has 0 N–H and O–H groups in total. The second kappa shape index (κ2) is 9.00. The first-order valence-electron chi connectivity index (χ1n) is 8.70. The summed E-state index contributed by atoms with van der Waals surface area (Å²) in [5.41, 5.74) is 0.843. The molecule has 0 saturated heterocycles. The number of carbonyl (C=O) groups is 1. The maximum atomic E-state index is 12.3. The number of carbonyl (C=O) groups excluding carboxylic acids is 1. The van der Waals surface area contributed by atoms with Gasteiger partial charge >= 0.3 is 5.97 Å². The molecule has 1 aliphatic heterocycles. The minimum atomic E-state index is -0.657. The van der Waals surface area contributed by atoms with Crippen LogP contribution in [0.25, 0.3) is 6.08 Å². The largest absolute Gasteiger partial charge is 0.493 e. The molecular formula is C20H16ClIN2O6. The third kappa shape index (κ3) is 4.73. The minimum absolute atomic E-state index is 0.0208. The van der Waals surface area contributed by atoms with Crippen LogP contribution < -0.4 is 9.47 Å². The lowest BCUT2D eigenvalue weighted by Gasteiger charge is -2.15. The molecule has 0 bridgehead atoms. The van der Waals surface area contributed by atoms with Gasteiger partial charge in [-0.3, -0.25) is 10.1 Å². The number of nitro benzene ring substituents is 1. The fourth-order valence-electron chi connectivity index (χ4n) is 2.65. The summed E-state index contributed by atoms with van der Waals surface area (Å²) >= 11 is 8.23. The Bertz CT molecular complexity index is 1100. The van der Waals surface area contributed by atoms with Crippen LogP contribution in [0.5, 0.6) is 11.5 Å². The van der Waals surface area contributed by atoms with Crippen LogP contribution in [0.2, 0.25) is 5.02 Å². The Labute approximate surface area is 190 Å². The lowest BCUT2D eigenvalue weighted by molar-refractivity contribution is -0.384. The van der Waals surface area contributed by atoms with Crippen LogP contribution in [0.15, 0.2) is 41.0 Å². The van der Waals surface area contributed by atoms with Crippen molar-refractivity contribution in [3.63, 3.8) is 0 Å². The molecule has 156 valence electrons. The SMILES string of the molecule is COc1cc(/C=C2\N=C(c3ccc([N+](=O)[O-])cc3Cl)OC2=O)cc(I)c1OC(C)C. The highest BCUT2D eigenvalue weighted by Crippen LogP contribution is 2.36. The first-order chi connectivity index (χ1) is 14.2. The van der Waals surface area contributed by atoms with Gasteiger partial charge in [-0.1, -0.05) is 11.6 Å². The zero-order chi connectivity index (χ0) is 22.0. The molecule has 8 nitrogen and oxygen atoms in total. The molecule has 30 heavy (non-hydrogen) atoms. The quantitative estimate of drug-likeness (QED) is 0.168. The van der Waals surface area contributed by atoms with Crippen molar-refractivity contribution in [1.29, 1.82) is 0 Å². The van der Waals surface area contributed by atoms with Crippen LogP contribution in [0.3, 0.4) is 0 Å². The Balaban J connectivity index is 1.97. The Morgan fingerprint density at radius 2 is 2.03 bits per heavy atom. The van der Waals surface area contributed by atoms with E-state index in [4.69, 9.17) is 25.8 Å². The summed E-state index contributed by atoms with van der Waals surface area (Å²) in [6.45, 7) is 3.83. The molecule has 0 fully saturated rings. The fourth-order valence-corrected chi connectivity index (χ4v) is 3.65. The van der Waals surface area contributed by atoms with E-state index in [0.717, 1.165) is 3.57 Å². The topological polar surface area (TPSA) is 100 Å². The predicted molar refractivity (Wildman–Crippen MR) is 120 cm³/mol. The second-order valence-electron chi connectivity index (χ2n) is 6.46. The van der Waals surface area contributed by atoms with Gasteiger partial charge in [-0.25, -0.2) is 9.79 Å². The van der Waals surface area contributed by atoms with Gasteiger partial charge in [-0.15, -0.1) is 0 Å². The molecule has 0 spiro atoms. The third-order valence-electron chi connectivity index (χ3n) is 3.92. The van der Waals surface area contributed by atoms with Gasteiger partial charge in [0.2, 0.25) is 5.90 Å². The van der Waals surface area contributed by atoms with Crippen molar-refractivity contribution in [2.75, 3.05) is 7.11 Å². The standard InChI is InChI=1S/C20H16ClIN2O6/c1-10(2)29-18-15(22)6-11(8-17(18)28-3)7-16-20(25)30-19(23-16)13-5-4-12(24(26)27)9-14(13)21/h4-10H,1-3H3/b16-7-. The van der Waals surface area contributed by atoms with Crippen molar-refractivity contribution < 1.29 is 23.9 Å². The number of non-ortho nitro benzene ring substituents is 1. The van der Waals surface area contributed by atoms with Crippen molar-refractivity contribution in [3.8, 4) is 11.5 Å². The highest BCUT2D eigenvalue weighted by molar-refractivity contribution is 14.1. The maximum absolute atomic E-state index is 12.3.